The number of hydrogen-bond acceptors (Lipinski definition) is 4. The number of Topliss-reactive ketones (excluding diaryl/α,β-unsaturated/α-hetero) is 1. The molecule has 2 atom stereocenters. The molecule has 33 heavy (non-hydrogen) atoms. The molecular weight excluding hydrogens is 417 g/mol. The third-order valence-electron chi connectivity index (χ3n) is 6.11. The highest BCUT2D eigenvalue weighted by Crippen LogP contribution is 2.48. The molecule has 0 aliphatic heterocycles. The first-order valence-corrected chi connectivity index (χ1v) is 10.9. The molecule has 0 unspecified atom stereocenters. The molecule has 1 N–H and O–H groups in total. The van der Waals surface area contributed by atoms with Crippen LogP contribution in [0.15, 0.2) is 79.3 Å². The smallest absolute Gasteiger partial charge is 0.254 e. The number of carbonyl (C=O) groups is 2. The van der Waals surface area contributed by atoms with E-state index in [4.69, 9.17) is 0 Å². The molecule has 0 saturated heterocycles. The van der Waals surface area contributed by atoms with Crippen LogP contribution in [0.2, 0.25) is 0 Å². The van der Waals surface area contributed by atoms with E-state index in [0.717, 1.165) is 28.3 Å². The van der Waals surface area contributed by atoms with Gasteiger partial charge in [-0.1, -0.05) is 30.3 Å². The van der Waals surface area contributed by atoms with E-state index < -0.39 is 11.7 Å². The summed E-state index contributed by atoms with van der Waals surface area (Å²) in [5.41, 5.74) is 2.48. The fourth-order valence-electron chi connectivity index (χ4n) is 4.21. The fraction of sp³-hybridized carbons (Fsp3) is 0.185. The maximum absolute atomic E-state index is 14.4. The van der Waals surface area contributed by atoms with E-state index in [-0.39, 0.29) is 29.7 Å². The number of hydrogen-bond donors (Lipinski definition) is 1. The van der Waals surface area contributed by atoms with Gasteiger partial charge in [-0.25, -0.2) is 4.39 Å². The number of rotatable bonds is 7. The van der Waals surface area contributed by atoms with Crippen LogP contribution < -0.4 is 5.32 Å². The molecule has 0 bridgehead atoms. The van der Waals surface area contributed by atoms with Gasteiger partial charge in [0.05, 0.1) is 17.8 Å². The van der Waals surface area contributed by atoms with Gasteiger partial charge in [-0.15, -0.1) is 0 Å². The van der Waals surface area contributed by atoms with Crippen molar-refractivity contribution in [1.29, 1.82) is 0 Å². The second kappa shape index (κ2) is 8.90. The van der Waals surface area contributed by atoms with Crippen molar-refractivity contribution in [2.24, 2.45) is 5.92 Å². The average molecular weight is 439 g/mol. The van der Waals surface area contributed by atoms with E-state index >= 15 is 0 Å². The van der Waals surface area contributed by atoms with E-state index in [0.29, 0.717) is 12.1 Å². The highest BCUT2D eigenvalue weighted by atomic mass is 19.1. The molecule has 1 amide bonds. The third kappa shape index (κ3) is 4.65. The predicted octanol–water partition coefficient (Wildman–Crippen LogP) is 4.61. The molecule has 1 fully saturated rings. The molecule has 2 aromatic heterocycles. The Kier molecular flexibility index (Phi) is 5.65. The van der Waals surface area contributed by atoms with Crippen LogP contribution in [0.25, 0.3) is 10.8 Å². The number of aromatic nitrogens is 2. The molecular formula is C27H22FN3O2. The average Bonchev–Trinajstić information content (AvgIpc) is 3.65. The number of pyridine rings is 2. The molecule has 164 valence electrons. The molecule has 1 aliphatic rings. The largest absolute Gasteiger partial charge is 0.346 e. The Morgan fingerprint density at radius 1 is 1.00 bits per heavy atom. The van der Waals surface area contributed by atoms with Crippen molar-refractivity contribution < 1.29 is 14.0 Å². The summed E-state index contributed by atoms with van der Waals surface area (Å²) in [4.78, 5) is 33.7. The lowest BCUT2D eigenvalue weighted by atomic mass is 9.99. The van der Waals surface area contributed by atoms with Crippen LogP contribution in [0.3, 0.4) is 0 Å². The summed E-state index contributed by atoms with van der Waals surface area (Å²) in [6, 6.07) is 17.9. The van der Waals surface area contributed by atoms with E-state index in [9.17, 15) is 14.0 Å². The minimum atomic E-state index is -0.577. The molecule has 2 heterocycles. The van der Waals surface area contributed by atoms with Crippen LogP contribution in [0.4, 0.5) is 4.39 Å². The number of amides is 1. The Labute approximate surface area is 190 Å². The van der Waals surface area contributed by atoms with Gasteiger partial charge < -0.3 is 5.32 Å². The molecule has 1 aliphatic carbocycles. The Morgan fingerprint density at radius 3 is 2.76 bits per heavy atom. The fourth-order valence-corrected chi connectivity index (χ4v) is 4.21. The Balaban J connectivity index is 1.24. The minimum absolute atomic E-state index is 0.00957. The van der Waals surface area contributed by atoms with E-state index in [1.165, 1.54) is 6.07 Å². The maximum atomic E-state index is 14.4. The molecule has 1 saturated carbocycles. The van der Waals surface area contributed by atoms with Gasteiger partial charge in [0, 0.05) is 36.3 Å². The minimum Gasteiger partial charge on any atom is -0.346 e. The molecule has 0 spiro atoms. The van der Waals surface area contributed by atoms with Crippen LogP contribution in [0.5, 0.6) is 0 Å². The number of fused-ring (bicyclic) bond motifs is 1. The topological polar surface area (TPSA) is 72.0 Å². The van der Waals surface area contributed by atoms with Crippen LogP contribution in [-0.4, -0.2) is 21.7 Å². The second-order valence-electron chi connectivity index (χ2n) is 8.39. The number of nitrogens with one attached hydrogen (secondary N) is 1. The number of nitrogens with zero attached hydrogens (tertiary/aromatic N) is 2. The van der Waals surface area contributed by atoms with Crippen molar-refractivity contribution in [2.75, 3.05) is 0 Å². The molecule has 4 aromatic rings. The summed E-state index contributed by atoms with van der Waals surface area (Å²) in [6.45, 7) is 0.218. The van der Waals surface area contributed by atoms with Gasteiger partial charge in [-0.2, -0.15) is 0 Å². The predicted molar refractivity (Wildman–Crippen MR) is 123 cm³/mol. The first-order valence-electron chi connectivity index (χ1n) is 10.9. The van der Waals surface area contributed by atoms with Gasteiger partial charge in [-0.05, 0) is 59.2 Å². The summed E-state index contributed by atoms with van der Waals surface area (Å²) in [5, 5.41) is 4.81. The number of carbonyl (C=O) groups excluding carboxylic acids is 2. The second-order valence-corrected chi connectivity index (χ2v) is 8.39. The van der Waals surface area contributed by atoms with Gasteiger partial charge in [-0.3, -0.25) is 19.6 Å². The summed E-state index contributed by atoms with van der Waals surface area (Å²) < 4.78 is 14.4. The molecule has 5 rings (SSSR count). The lowest BCUT2D eigenvalue weighted by Gasteiger charge is -2.08. The molecule has 5 nitrogen and oxygen atoms in total. The summed E-state index contributed by atoms with van der Waals surface area (Å²) in [6.07, 6.45) is 6.26. The standard InChI is InChI=1S/C27H22FN3O2/c28-25-7-6-19(13-24(25)27(33)31-16-21-3-1-2-9-30-21)22-14-23(22)26(32)12-17-4-5-20-15-29-10-8-18(20)11-17/h1-11,13,15,22-23H,12,14,16H2,(H,31,33)/t22-,23+/m0/s1. The van der Waals surface area contributed by atoms with Crippen molar-refractivity contribution in [2.45, 2.75) is 25.3 Å². The zero-order chi connectivity index (χ0) is 22.8. The van der Waals surface area contributed by atoms with Crippen LogP contribution >= 0.6 is 0 Å². The zero-order valence-electron chi connectivity index (χ0n) is 17.9. The number of ketones is 1. The van der Waals surface area contributed by atoms with Crippen LogP contribution in [-0.2, 0) is 17.8 Å². The SMILES string of the molecule is O=C(NCc1ccccn1)c1cc([C@@H]2C[C@H]2C(=O)Cc2ccc3cnccc3c2)ccc1F. The normalized spacial score (nSPS) is 17.0. The monoisotopic (exact) mass is 439 g/mol. The van der Waals surface area contributed by atoms with Gasteiger partial charge in [0.2, 0.25) is 0 Å². The highest BCUT2D eigenvalue weighted by molar-refractivity contribution is 5.95. The quantitative estimate of drug-likeness (QED) is 0.456. The molecule has 6 heteroatoms. The molecule has 2 aromatic carbocycles. The first-order chi connectivity index (χ1) is 16.1. The Bertz CT molecular complexity index is 1340. The van der Waals surface area contributed by atoms with Crippen molar-refractivity contribution >= 4 is 22.5 Å². The third-order valence-corrected chi connectivity index (χ3v) is 6.11. The number of halogens is 1. The van der Waals surface area contributed by atoms with Gasteiger partial charge in [0.25, 0.3) is 5.91 Å². The van der Waals surface area contributed by atoms with Gasteiger partial charge in [0.15, 0.2) is 0 Å². The van der Waals surface area contributed by atoms with Crippen molar-refractivity contribution in [1.82, 2.24) is 15.3 Å². The first kappa shape index (κ1) is 20.9. The summed E-state index contributed by atoms with van der Waals surface area (Å²) >= 11 is 0. The van der Waals surface area contributed by atoms with Crippen LogP contribution in [0.1, 0.15) is 39.5 Å². The van der Waals surface area contributed by atoms with Crippen molar-refractivity contribution in [3.63, 3.8) is 0 Å². The highest BCUT2D eigenvalue weighted by Gasteiger charge is 2.43. The van der Waals surface area contributed by atoms with Gasteiger partial charge >= 0.3 is 0 Å². The van der Waals surface area contributed by atoms with Crippen molar-refractivity contribution in [3.05, 3.63) is 107 Å². The maximum Gasteiger partial charge on any atom is 0.254 e. The Morgan fingerprint density at radius 2 is 1.91 bits per heavy atom. The van der Waals surface area contributed by atoms with Gasteiger partial charge in [0.1, 0.15) is 11.6 Å². The Hall–Kier alpha value is -3.93. The van der Waals surface area contributed by atoms with Crippen LogP contribution in [0, 0.1) is 11.7 Å². The lowest BCUT2D eigenvalue weighted by Crippen LogP contribution is -2.24. The summed E-state index contributed by atoms with van der Waals surface area (Å²) in [5.74, 6) is -0.988. The van der Waals surface area contributed by atoms with E-state index in [1.54, 1.807) is 42.9 Å². The number of benzene rings is 2. The van der Waals surface area contributed by atoms with Crippen molar-refractivity contribution in [3.8, 4) is 0 Å². The molecule has 0 radical (unpaired) electrons. The van der Waals surface area contributed by atoms with E-state index in [2.05, 4.69) is 15.3 Å². The summed E-state index contributed by atoms with van der Waals surface area (Å²) in [7, 11) is 0. The zero-order valence-corrected chi connectivity index (χ0v) is 17.9. The lowest BCUT2D eigenvalue weighted by molar-refractivity contribution is -0.119. The van der Waals surface area contributed by atoms with E-state index in [1.807, 2.05) is 30.3 Å².